The number of aromatic amines is 1. The average Bonchev–Trinajstić information content (AvgIpc) is 3.39. The zero-order chi connectivity index (χ0) is 22.5. The van der Waals surface area contributed by atoms with E-state index < -0.39 is 25.7 Å². The van der Waals surface area contributed by atoms with Crippen LogP contribution in [0, 0.1) is 5.92 Å². The van der Waals surface area contributed by atoms with Gasteiger partial charge in [0.1, 0.15) is 18.3 Å². The van der Waals surface area contributed by atoms with Crippen LogP contribution >= 0.6 is 0 Å². The van der Waals surface area contributed by atoms with Crippen molar-refractivity contribution in [1.82, 2.24) is 19.5 Å². The molecule has 5 atom stereocenters. The van der Waals surface area contributed by atoms with E-state index in [1.807, 2.05) is 0 Å². The lowest BCUT2D eigenvalue weighted by Crippen LogP contribution is -2.43. The monoisotopic (exact) mass is 447 g/mol. The number of aromatic nitrogens is 4. The Labute approximate surface area is 180 Å². The van der Waals surface area contributed by atoms with Crippen LogP contribution in [0.4, 0.5) is 5.95 Å². The summed E-state index contributed by atoms with van der Waals surface area (Å²) in [5.41, 5.74) is -0.277. The van der Waals surface area contributed by atoms with Crippen LogP contribution in [0.2, 0.25) is 18.1 Å². The Morgan fingerprint density at radius 3 is 2.65 bits per heavy atom. The molecule has 2 aliphatic heterocycles. The van der Waals surface area contributed by atoms with Gasteiger partial charge in [0.15, 0.2) is 31.3 Å². The highest BCUT2D eigenvalue weighted by Crippen LogP contribution is 2.70. The first-order chi connectivity index (χ1) is 14.4. The lowest BCUT2D eigenvalue weighted by atomic mass is 10.2. The minimum atomic E-state index is -1.94. The highest BCUT2D eigenvalue weighted by molar-refractivity contribution is 6.74. The molecule has 2 aromatic heterocycles. The van der Waals surface area contributed by atoms with E-state index in [1.165, 1.54) is 6.33 Å². The van der Waals surface area contributed by atoms with Gasteiger partial charge >= 0.3 is 0 Å². The minimum absolute atomic E-state index is 0.0540. The Hall–Kier alpha value is -2.08. The Morgan fingerprint density at radius 2 is 2.06 bits per heavy atom. The number of imidazole rings is 1. The van der Waals surface area contributed by atoms with Crippen molar-refractivity contribution in [3.05, 3.63) is 16.7 Å². The molecule has 0 bridgehead atoms. The second kappa shape index (κ2) is 6.24. The van der Waals surface area contributed by atoms with Gasteiger partial charge in [0.25, 0.3) is 5.56 Å². The number of carbonyl (C=O) groups is 1. The van der Waals surface area contributed by atoms with E-state index in [0.29, 0.717) is 5.65 Å². The van der Waals surface area contributed by atoms with Crippen LogP contribution in [-0.2, 0) is 18.7 Å². The molecule has 3 fully saturated rings. The third kappa shape index (κ3) is 2.94. The largest absolute Gasteiger partial charge is 0.408 e. The summed E-state index contributed by atoms with van der Waals surface area (Å²) < 4.78 is 20.6. The van der Waals surface area contributed by atoms with E-state index in [9.17, 15) is 9.59 Å². The van der Waals surface area contributed by atoms with Crippen molar-refractivity contribution in [2.24, 2.45) is 5.92 Å². The molecule has 0 radical (unpaired) electrons. The third-order valence-corrected chi connectivity index (χ3v) is 11.5. The van der Waals surface area contributed by atoms with Gasteiger partial charge in [0.05, 0.1) is 6.33 Å². The highest BCUT2D eigenvalue weighted by Gasteiger charge is 2.90. The maximum atomic E-state index is 12.4. The molecule has 2 saturated heterocycles. The van der Waals surface area contributed by atoms with Crippen molar-refractivity contribution >= 4 is 31.3 Å². The number of H-pyrrole nitrogens is 1. The van der Waals surface area contributed by atoms with Crippen molar-refractivity contribution in [1.29, 1.82) is 0 Å². The van der Waals surface area contributed by atoms with E-state index in [4.69, 9.17) is 13.9 Å². The summed E-state index contributed by atoms with van der Waals surface area (Å²) in [7, 11) is -1.94. The molecule has 4 heterocycles. The molecule has 1 aliphatic carbocycles. The Bertz CT molecular complexity index is 1140. The van der Waals surface area contributed by atoms with Crippen LogP contribution in [0.1, 0.15) is 40.8 Å². The van der Waals surface area contributed by atoms with Gasteiger partial charge < -0.3 is 13.9 Å². The molecule has 1 spiro atoms. The molecular weight excluding hydrogens is 418 g/mol. The molecule has 168 valence electrons. The maximum absolute atomic E-state index is 12.4. The van der Waals surface area contributed by atoms with Gasteiger partial charge in [0, 0.05) is 5.92 Å². The standard InChI is InChI=1S/C20H29N5O5Si/c1-9(2)15(26)23-18-22-14-10(16(27)24-18)21-8-25(14)17-13-20(29-13)11(28-17)12(20)30-31(6,7)19(3,4)5/h8-9,11-13,17H,1-7H3,(H2,22,23,24,26,27)/t11-,12?,13-,17-,20-/m1/s1. The summed E-state index contributed by atoms with van der Waals surface area (Å²) >= 11 is 0. The van der Waals surface area contributed by atoms with E-state index in [0.717, 1.165) is 0 Å². The summed E-state index contributed by atoms with van der Waals surface area (Å²) in [6.45, 7) is 14.6. The third-order valence-electron chi connectivity index (χ3n) is 7.02. The Balaban J connectivity index is 1.38. The molecule has 10 nitrogen and oxygen atoms in total. The first kappa shape index (κ1) is 20.8. The van der Waals surface area contributed by atoms with Crippen molar-refractivity contribution < 1.29 is 18.7 Å². The zero-order valence-electron chi connectivity index (χ0n) is 18.8. The second-order valence-electron chi connectivity index (χ2n) is 10.5. The van der Waals surface area contributed by atoms with Gasteiger partial charge in [-0.25, -0.2) is 4.98 Å². The number of amides is 1. The molecule has 2 N–H and O–H groups in total. The topological polar surface area (TPSA) is 124 Å². The van der Waals surface area contributed by atoms with E-state index in [-0.39, 0.29) is 46.6 Å². The molecule has 1 unspecified atom stereocenters. The van der Waals surface area contributed by atoms with E-state index in [2.05, 4.69) is 54.1 Å². The predicted molar refractivity (Wildman–Crippen MR) is 115 cm³/mol. The number of carbonyl (C=O) groups excluding carboxylic acids is 1. The number of fused-ring (bicyclic) bond motifs is 1. The fraction of sp³-hybridized carbons (Fsp3) is 0.700. The number of hydrogen-bond donors (Lipinski definition) is 2. The molecule has 0 aromatic carbocycles. The van der Waals surface area contributed by atoms with Crippen molar-refractivity contribution in [2.45, 2.75) is 82.9 Å². The molecule has 11 heteroatoms. The van der Waals surface area contributed by atoms with Crippen LogP contribution in [0.5, 0.6) is 0 Å². The van der Waals surface area contributed by atoms with Crippen molar-refractivity contribution in [3.63, 3.8) is 0 Å². The summed E-state index contributed by atoms with van der Waals surface area (Å²) in [5.74, 6) is -0.387. The zero-order valence-corrected chi connectivity index (χ0v) is 19.8. The van der Waals surface area contributed by atoms with Crippen molar-refractivity contribution in [3.8, 4) is 0 Å². The predicted octanol–water partition coefficient (Wildman–Crippen LogP) is 2.15. The second-order valence-corrected chi connectivity index (χ2v) is 15.3. The number of nitrogens with zero attached hydrogens (tertiary/aromatic N) is 3. The smallest absolute Gasteiger partial charge is 0.280 e. The van der Waals surface area contributed by atoms with E-state index >= 15 is 0 Å². The van der Waals surface area contributed by atoms with Crippen LogP contribution < -0.4 is 10.9 Å². The molecule has 1 saturated carbocycles. The molecule has 2 aromatic rings. The fourth-order valence-corrected chi connectivity index (χ4v) is 5.23. The quantitative estimate of drug-likeness (QED) is 0.532. The molecule has 3 aliphatic rings. The van der Waals surface area contributed by atoms with E-state index in [1.54, 1.807) is 18.4 Å². The van der Waals surface area contributed by atoms with Gasteiger partial charge in [-0.2, -0.15) is 4.98 Å². The first-order valence-electron chi connectivity index (χ1n) is 10.7. The lowest BCUT2D eigenvalue weighted by molar-refractivity contribution is -0.118. The first-order valence-corrected chi connectivity index (χ1v) is 13.6. The Kier molecular flexibility index (Phi) is 4.19. The lowest BCUT2D eigenvalue weighted by Gasteiger charge is -2.36. The van der Waals surface area contributed by atoms with Crippen LogP contribution in [0.15, 0.2) is 11.1 Å². The number of hydrogen-bond acceptors (Lipinski definition) is 7. The van der Waals surface area contributed by atoms with Gasteiger partial charge in [0.2, 0.25) is 11.9 Å². The normalized spacial score (nSPS) is 31.6. The van der Waals surface area contributed by atoms with Crippen molar-refractivity contribution in [2.75, 3.05) is 5.32 Å². The molecule has 5 rings (SSSR count). The maximum Gasteiger partial charge on any atom is 0.280 e. The van der Waals surface area contributed by atoms with Crippen LogP contribution in [0.3, 0.4) is 0 Å². The number of anilines is 1. The summed E-state index contributed by atoms with van der Waals surface area (Å²) in [4.78, 5) is 35.6. The molecular formula is C20H29N5O5Si. The number of ether oxygens (including phenoxy) is 2. The minimum Gasteiger partial charge on any atom is -0.408 e. The number of rotatable bonds is 5. The summed E-state index contributed by atoms with van der Waals surface area (Å²) in [6.07, 6.45) is 0.754. The number of nitrogens with one attached hydrogen (secondary N) is 2. The average molecular weight is 448 g/mol. The summed E-state index contributed by atoms with van der Waals surface area (Å²) in [6, 6.07) is 0. The van der Waals surface area contributed by atoms with Gasteiger partial charge in [-0.1, -0.05) is 34.6 Å². The fourth-order valence-electron chi connectivity index (χ4n) is 3.94. The van der Waals surface area contributed by atoms with Crippen LogP contribution in [-0.4, -0.2) is 57.7 Å². The van der Waals surface area contributed by atoms with Gasteiger partial charge in [-0.15, -0.1) is 0 Å². The van der Waals surface area contributed by atoms with Crippen LogP contribution in [0.25, 0.3) is 11.2 Å². The highest BCUT2D eigenvalue weighted by atomic mass is 28.4. The molecule has 1 amide bonds. The number of epoxide rings is 1. The Morgan fingerprint density at radius 1 is 1.35 bits per heavy atom. The van der Waals surface area contributed by atoms with Gasteiger partial charge in [-0.05, 0) is 18.1 Å². The molecule has 31 heavy (non-hydrogen) atoms. The SMILES string of the molecule is CC(C)C(=O)Nc1nc2c(ncn2[C@@H]2O[C@@H]3C(O[Si](C)(C)C(C)(C)C)[C@]34O[C@H]24)c(=O)[nH]1. The van der Waals surface area contributed by atoms with Gasteiger partial charge in [-0.3, -0.25) is 24.5 Å². The summed E-state index contributed by atoms with van der Waals surface area (Å²) in [5, 5.41) is 2.74.